The predicted molar refractivity (Wildman–Crippen MR) is 33.5 cm³/mol. The summed E-state index contributed by atoms with van der Waals surface area (Å²) in [6, 6.07) is 6.40. The summed E-state index contributed by atoms with van der Waals surface area (Å²) in [6.07, 6.45) is 0.620. The first-order chi connectivity index (χ1) is 4.34. The van der Waals surface area contributed by atoms with E-state index >= 15 is 0 Å². The van der Waals surface area contributed by atoms with Gasteiger partial charge in [-0.1, -0.05) is 12.1 Å². The smallest absolute Gasteiger partial charge is 0.153 e. The molecule has 0 aromatic heterocycles. The molecule has 1 aromatic carbocycles. The third kappa shape index (κ3) is 2.09. The van der Waals surface area contributed by atoms with Crippen molar-refractivity contribution in [3.63, 3.8) is 0 Å². The van der Waals surface area contributed by atoms with Crippen LogP contribution in [0.25, 0.3) is 0 Å². The van der Waals surface area contributed by atoms with Crippen LogP contribution in [0.4, 0.5) is 0 Å². The molecule has 0 atom stereocenters. The average molecular weight is 235 g/mol. The van der Waals surface area contributed by atoms with Crippen LogP contribution in [0, 0.1) is 0 Å². The molecule has 10 heavy (non-hydrogen) atoms. The minimum absolute atomic E-state index is 0. The third-order valence-corrected chi connectivity index (χ3v) is 1.06. The Balaban J connectivity index is 0.000000810. The Kier molecular flexibility index (Phi) is 4.26. The summed E-state index contributed by atoms with van der Waals surface area (Å²) in [4.78, 5) is 10.1. The molecule has 0 amide bonds. The summed E-state index contributed by atoms with van der Waals surface area (Å²) in [7, 11) is 0. The van der Waals surface area contributed by atoms with E-state index < -0.39 is 0 Å². The van der Waals surface area contributed by atoms with Crippen molar-refractivity contribution < 1.29 is 37.2 Å². The Labute approximate surface area is 79.0 Å². The molecule has 48 valence electrons. The molecule has 0 spiro atoms. The molecule has 0 unspecified atom stereocenters. The number of carbonyl (C=O) groups is 1. The van der Waals surface area contributed by atoms with E-state index in [1.165, 1.54) is 6.07 Å². The van der Waals surface area contributed by atoms with Gasteiger partial charge in [-0.25, -0.2) is 0 Å². The van der Waals surface area contributed by atoms with Crippen molar-refractivity contribution in [3.05, 3.63) is 29.8 Å². The van der Waals surface area contributed by atoms with E-state index in [0.29, 0.717) is 11.8 Å². The SMILES string of the molecule is O=Cc1ccccc1O.[Cd]. The van der Waals surface area contributed by atoms with Gasteiger partial charge >= 0.3 is 0 Å². The molecule has 0 aliphatic carbocycles. The summed E-state index contributed by atoms with van der Waals surface area (Å²) in [5.74, 6) is 0.0347. The van der Waals surface area contributed by atoms with Crippen molar-refractivity contribution in [2.24, 2.45) is 0 Å². The van der Waals surface area contributed by atoms with Gasteiger partial charge in [-0.05, 0) is 12.1 Å². The van der Waals surface area contributed by atoms with Gasteiger partial charge in [0.2, 0.25) is 0 Å². The number of hydrogen-bond donors (Lipinski definition) is 1. The Morgan fingerprint density at radius 1 is 1.30 bits per heavy atom. The van der Waals surface area contributed by atoms with Crippen LogP contribution in [0.5, 0.6) is 5.75 Å². The van der Waals surface area contributed by atoms with Gasteiger partial charge in [-0.15, -0.1) is 0 Å². The maximum absolute atomic E-state index is 10.1. The van der Waals surface area contributed by atoms with E-state index in [4.69, 9.17) is 5.11 Å². The molecule has 0 aliphatic rings. The number of phenolic OH excluding ortho intramolecular Hbond substituents is 1. The summed E-state index contributed by atoms with van der Waals surface area (Å²) in [6.45, 7) is 0. The number of carbonyl (C=O) groups excluding carboxylic acids is 1. The standard InChI is InChI=1S/C7H6O2.Cd/c8-5-6-3-1-2-4-7(6)9;/h1-5,9H;. The van der Waals surface area contributed by atoms with Gasteiger partial charge in [0.1, 0.15) is 5.75 Å². The van der Waals surface area contributed by atoms with Crippen molar-refractivity contribution >= 4 is 6.29 Å². The molecular formula is C7H6CdO2. The molecule has 2 nitrogen and oxygen atoms in total. The molecule has 0 saturated heterocycles. The largest absolute Gasteiger partial charge is 0.507 e. The van der Waals surface area contributed by atoms with Gasteiger partial charge in [0.15, 0.2) is 6.29 Å². The second-order valence-electron chi connectivity index (χ2n) is 1.68. The number of aldehydes is 1. The van der Waals surface area contributed by atoms with E-state index in [1.54, 1.807) is 18.2 Å². The maximum atomic E-state index is 10.1. The van der Waals surface area contributed by atoms with Crippen molar-refractivity contribution in [2.75, 3.05) is 0 Å². The van der Waals surface area contributed by atoms with Crippen LogP contribution in [-0.2, 0) is 27.3 Å². The molecule has 0 bridgehead atoms. The van der Waals surface area contributed by atoms with Gasteiger partial charge in [-0.2, -0.15) is 0 Å². The topological polar surface area (TPSA) is 37.3 Å². The molecule has 0 aliphatic heterocycles. The summed E-state index contributed by atoms with van der Waals surface area (Å²) >= 11 is 0. The predicted octanol–water partition coefficient (Wildman–Crippen LogP) is 1.20. The molecule has 0 saturated carbocycles. The molecular weight excluding hydrogens is 228 g/mol. The number of phenols is 1. The van der Waals surface area contributed by atoms with E-state index in [-0.39, 0.29) is 33.0 Å². The zero-order valence-electron chi connectivity index (χ0n) is 5.45. The monoisotopic (exact) mass is 236 g/mol. The fraction of sp³-hybridized carbons (Fsp3) is 0. The van der Waals surface area contributed by atoms with E-state index in [9.17, 15) is 4.79 Å². The van der Waals surface area contributed by atoms with E-state index in [1.807, 2.05) is 0 Å². The number of benzene rings is 1. The Hall–Kier alpha value is -0.388. The number of aromatic hydroxyl groups is 1. The molecule has 1 N–H and O–H groups in total. The van der Waals surface area contributed by atoms with E-state index in [2.05, 4.69) is 0 Å². The van der Waals surface area contributed by atoms with Gasteiger partial charge in [0.05, 0.1) is 5.56 Å². The number of para-hydroxylation sites is 1. The van der Waals surface area contributed by atoms with Crippen LogP contribution in [0.3, 0.4) is 0 Å². The second kappa shape index (κ2) is 4.43. The molecule has 3 heteroatoms. The first-order valence-corrected chi connectivity index (χ1v) is 2.58. The van der Waals surface area contributed by atoms with Crippen LogP contribution in [0.15, 0.2) is 24.3 Å². The number of hydrogen-bond acceptors (Lipinski definition) is 2. The maximum Gasteiger partial charge on any atom is 0.153 e. The van der Waals surface area contributed by atoms with Crippen LogP contribution in [0.2, 0.25) is 0 Å². The summed E-state index contributed by atoms with van der Waals surface area (Å²) < 4.78 is 0. The first-order valence-electron chi connectivity index (χ1n) is 2.58. The molecule has 0 radical (unpaired) electrons. The first kappa shape index (κ1) is 9.61. The van der Waals surface area contributed by atoms with Gasteiger partial charge < -0.3 is 5.11 Å². The van der Waals surface area contributed by atoms with Crippen LogP contribution >= 0.6 is 0 Å². The average Bonchev–Trinajstić information content (AvgIpc) is 1.89. The van der Waals surface area contributed by atoms with Crippen molar-refractivity contribution in [3.8, 4) is 5.75 Å². The minimum Gasteiger partial charge on any atom is -0.507 e. The van der Waals surface area contributed by atoms with Crippen LogP contribution < -0.4 is 0 Å². The zero-order valence-corrected chi connectivity index (χ0v) is 9.49. The fourth-order valence-corrected chi connectivity index (χ4v) is 0.587. The normalized spacial score (nSPS) is 8.00. The molecule has 1 rings (SSSR count). The van der Waals surface area contributed by atoms with Gasteiger partial charge in [-0.3, -0.25) is 4.79 Å². The quantitative estimate of drug-likeness (QED) is 0.586. The summed E-state index contributed by atoms with van der Waals surface area (Å²) in [5, 5.41) is 8.88. The van der Waals surface area contributed by atoms with Crippen LogP contribution in [0.1, 0.15) is 10.4 Å². The molecule has 1 aromatic rings. The Bertz CT molecular complexity index is 223. The zero-order chi connectivity index (χ0) is 6.69. The number of rotatable bonds is 1. The Morgan fingerprint density at radius 2 is 1.90 bits per heavy atom. The van der Waals surface area contributed by atoms with Crippen LogP contribution in [-0.4, -0.2) is 11.4 Å². The van der Waals surface area contributed by atoms with Crippen molar-refractivity contribution in [1.29, 1.82) is 0 Å². The summed E-state index contributed by atoms with van der Waals surface area (Å²) in [5.41, 5.74) is 0.331. The van der Waals surface area contributed by atoms with E-state index in [0.717, 1.165) is 0 Å². The van der Waals surface area contributed by atoms with Gasteiger partial charge in [0, 0.05) is 27.3 Å². The Morgan fingerprint density at radius 3 is 2.30 bits per heavy atom. The van der Waals surface area contributed by atoms with Crippen molar-refractivity contribution in [1.82, 2.24) is 0 Å². The minimum atomic E-state index is 0. The second-order valence-corrected chi connectivity index (χ2v) is 1.68. The fourth-order valence-electron chi connectivity index (χ4n) is 0.587. The van der Waals surface area contributed by atoms with Crippen molar-refractivity contribution in [2.45, 2.75) is 0 Å². The molecule has 0 fully saturated rings. The third-order valence-electron chi connectivity index (χ3n) is 1.06. The molecule has 0 heterocycles. The van der Waals surface area contributed by atoms with Gasteiger partial charge in [0.25, 0.3) is 0 Å².